The number of nitrogens with zero attached hydrogens (tertiary/aromatic N) is 4. The number of rotatable bonds is 6. The summed E-state index contributed by atoms with van der Waals surface area (Å²) < 4.78 is 0.562. The monoisotopic (exact) mass is 596 g/mol. The first-order chi connectivity index (χ1) is 18.8. The molecular weight excluding hydrogens is 575 g/mol. The van der Waals surface area contributed by atoms with E-state index in [-0.39, 0.29) is 28.8 Å². The maximum Gasteiger partial charge on any atom is 0.234 e. The second kappa shape index (κ2) is 11.4. The molecule has 0 saturated heterocycles. The Bertz CT molecular complexity index is 1590. The maximum absolute atomic E-state index is 13.3. The second-order valence-corrected chi connectivity index (χ2v) is 12.0. The molecule has 0 bridgehead atoms. The minimum Gasteiger partial charge on any atom is -0.384 e. The Morgan fingerprint density at radius 1 is 1.23 bits per heavy atom. The van der Waals surface area contributed by atoms with Crippen molar-refractivity contribution < 1.29 is 9.59 Å². The number of carbonyl (C=O) groups excluding carboxylic acids is 2. The number of nitriles is 1. The number of Topliss-reactive ketones (excluding diaryl/α,β-unsaturated/α-hetero) is 1. The first-order valence-electron chi connectivity index (χ1n) is 12.0. The highest BCUT2D eigenvalue weighted by Gasteiger charge is 2.41. The van der Waals surface area contributed by atoms with Crippen LogP contribution in [0.15, 0.2) is 69.5 Å². The Hall–Kier alpha value is -3.36. The van der Waals surface area contributed by atoms with Gasteiger partial charge in [-0.2, -0.15) is 5.26 Å². The van der Waals surface area contributed by atoms with Crippen molar-refractivity contribution in [2.45, 2.75) is 36.4 Å². The average Bonchev–Trinajstić information content (AvgIpc) is 3.37. The normalized spacial score (nSPS) is 17.2. The molecule has 0 saturated carbocycles. The van der Waals surface area contributed by atoms with Crippen molar-refractivity contribution in [1.82, 2.24) is 10.2 Å². The SMILES string of the molecule is Cc1cccc(NC(=O)CSc2nnc(N3C(N)=C(C#N)C(c4ccc(Cl)c(Cl)c4)C4=C3CCCC4=O)s2)c1. The number of nitrogens with two attached hydrogens (primary N) is 1. The van der Waals surface area contributed by atoms with E-state index in [1.807, 2.05) is 31.2 Å². The van der Waals surface area contributed by atoms with Crippen LogP contribution in [-0.4, -0.2) is 27.6 Å². The van der Waals surface area contributed by atoms with Gasteiger partial charge in [0.05, 0.1) is 33.4 Å². The number of hydrogen-bond acceptors (Lipinski definition) is 9. The van der Waals surface area contributed by atoms with Crippen LogP contribution < -0.4 is 16.0 Å². The molecule has 2 aromatic carbocycles. The molecule has 0 spiro atoms. The summed E-state index contributed by atoms with van der Waals surface area (Å²) in [6.45, 7) is 1.96. The third kappa shape index (κ3) is 5.54. The van der Waals surface area contributed by atoms with Gasteiger partial charge >= 0.3 is 0 Å². The number of aryl methyl sites for hydroxylation is 1. The van der Waals surface area contributed by atoms with Crippen LogP contribution in [0.25, 0.3) is 0 Å². The summed E-state index contributed by atoms with van der Waals surface area (Å²) in [4.78, 5) is 27.4. The lowest BCUT2D eigenvalue weighted by Gasteiger charge is -2.38. The van der Waals surface area contributed by atoms with E-state index in [1.54, 1.807) is 23.1 Å². The summed E-state index contributed by atoms with van der Waals surface area (Å²) in [7, 11) is 0. The number of carbonyl (C=O) groups is 2. The predicted octanol–water partition coefficient (Wildman–Crippen LogP) is 6.19. The van der Waals surface area contributed by atoms with Gasteiger partial charge in [0.1, 0.15) is 5.82 Å². The Morgan fingerprint density at radius 3 is 2.79 bits per heavy atom. The maximum atomic E-state index is 13.3. The molecule has 0 fully saturated rings. The molecule has 3 aromatic rings. The van der Waals surface area contributed by atoms with Crippen LogP contribution in [0.2, 0.25) is 10.0 Å². The van der Waals surface area contributed by atoms with Gasteiger partial charge in [-0.3, -0.25) is 14.5 Å². The summed E-state index contributed by atoms with van der Waals surface area (Å²) in [5, 5.41) is 22.7. The number of anilines is 2. The molecule has 1 amide bonds. The smallest absolute Gasteiger partial charge is 0.234 e. The van der Waals surface area contributed by atoms with Crippen molar-refractivity contribution in [2.75, 3.05) is 16.0 Å². The highest BCUT2D eigenvalue weighted by molar-refractivity contribution is 8.01. The molecule has 0 radical (unpaired) electrons. The molecule has 1 aromatic heterocycles. The van der Waals surface area contributed by atoms with Crippen molar-refractivity contribution in [1.29, 1.82) is 5.26 Å². The van der Waals surface area contributed by atoms with Gasteiger partial charge in [-0.05, 0) is 55.2 Å². The number of aromatic nitrogens is 2. The van der Waals surface area contributed by atoms with Crippen LogP contribution in [0.5, 0.6) is 0 Å². The van der Waals surface area contributed by atoms with Gasteiger partial charge in [0.2, 0.25) is 11.0 Å². The summed E-state index contributed by atoms with van der Waals surface area (Å²) in [5.74, 6) is -0.547. The van der Waals surface area contributed by atoms with E-state index in [1.165, 1.54) is 23.1 Å². The van der Waals surface area contributed by atoms with Crippen LogP contribution in [-0.2, 0) is 9.59 Å². The van der Waals surface area contributed by atoms with Crippen LogP contribution in [0.4, 0.5) is 10.8 Å². The quantitative estimate of drug-likeness (QED) is 0.323. The lowest BCUT2D eigenvalue weighted by Crippen LogP contribution is -2.38. The zero-order valence-corrected chi connectivity index (χ0v) is 23.8. The van der Waals surface area contributed by atoms with E-state index in [2.05, 4.69) is 21.6 Å². The molecule has 2 heterocycles. The lowest BCUT2D eigenvalue weighted by molar-refractivity contribution is -0.116. The van der Waals surface area contributed by atoms with Crippen molar-refractivity contribution in [3.8, 4) is 6.07 Å². The van der Waals surface area contributed by atoms with Crippen molar-refractivity contribution in [2.24, 2.45) is 5.73 Å². The number of hydrogen-bond donors (Lipinski definition) is 2. The fraction of sp³-hybridized carbons (Fsp3) is 0.222. The Kier molecular flexibility index (Phi) is 7.96. The number of thioether (sulfide) groups is 1. The molecule has 198 valence electrons. The molecule has 2 aliphatic rings. The van der Waals surface area contributed by atoms with Gasteiger partial charge in [-0.15, -0.1) is 10.2 Å². The average molecular weight is 598 g/mol. The minimum atomic E-state index is -0.657. The standard InChI is InChI=1S/C27H22Cl2N6O2S2/c1-14-4-2-5-16(10-14)32-22(37)13-38-27-34-33-26(39-27)35-20-6-3-7-21(36)24(20)23(17(12-30)25(35)31)15-8-9-18(28)19(29)11-15/h2,4-5,8-11,23H,3,6-7,13,31H2,1H3,(H,32,37). The highest BCUT2D eigenvalue weighted by atomic mass is 35.5. The largest absolute Gasteiger partial charge is 0.384 e. The zero-order chi connectivity index (χ0) is 27.7. The third-order valence-corrected chi connectivity index (χ3v) is 9.19. The molecule has 39 heavy (non-hydrogen) atoms. The van der Waals surface area contributed by atoms with Gasteiger partial charge in [0.15, 0.2) is 10.1 Å². The number of halogens is 2. The first kappa shape index (κ1) is 27.2. The Morgan fingerprint density at radius 2 is 2.05 bits per heavy atom. The molecule has 12 heteroatoms. The van der Waals surface area contributed by atoms with Gasteiger partial charge in [-0.25, -0.2) is 0 Å². The van der Waals surface area contributed by atoms with Crippen LogP contribution in [0, 0.1) is 18.3 Å². The zero-order valence-electron chi connectivity index (χ0n) is 20.7. The Labute approximate surface area is 243 Å². The van der Waals surface area contributed by atoms with E-state index in [4.69, 9.17) is 28.9 Å². The van der Waals surface area contributed by atoms with E-state index in [9.17, 15) is 14.9 Å². The van der Waals surface area contributed by atoms with E-state index >= 15 is 0 Å². The molecule has 3 N–H and O–H groups in total. The third-order valence-electron chi connectivity index (χ3n) is 6.41. The second-order valence-electron chi connectivity index (χ2n) is 9.05. The summed E-state index contributed by atoms with van der Waals surface area (Å²) >= 11 is 14.9. The van der Waals surface area contributed by atoms with Gasteiger partial charge in [-0.1, -0.05) is 64.5 Å². The van der Waals surface area contributed by atoms with E-state index in [0.29, 0.717) is 55.6 Å². The molecule has 1 aliphatic heterocycles. The van der Waals surface area contributed by atoms with Crippen LogP contribution >= 0.6 is 46.3 Å². The van der Waals surface area contributed by atoms with Crippen molar-refractivity contribution in [3.05, 3.63) is 86.3 Å². The van der Waals surface area contributed by atoms with Gasteiger partial charge in [0.25, 0.3) is 0 Å². The number of nitrogens with one attached hydrogen (secondary N) is 1. The number of allylic oxidation sites excluding steroid dienone is 3. The van der Waals surface area contributed by atoms with Gasteiger partial charge in [0, 0.05) is 23.4 Å². The fourth-order valence-corrected chi connectivity index (χ4v) is 6.72. The lowest BCUT2D eigenvalue weighted by atomic mass is 9.76. The van der Waals surface area contributed by atoms with E-state index < -0.39 is 5.92 Å². The molecule has 1 atom stereocenters. The molecule has 8 nitrogen and oxygen atoms in total. The number of amides is 1. The fourth-order valence-electron chi connectivity index (χ4n) is 4.73. The van der Waals surface area contributed by atoms with Crippen molar-refractivity contribution >= 4 is 68.8 Å². The van der Waals surface area contributed by atoms with Crippen molar-refractivity contribution in [3.63, 3.8) is 0 Å². The summed E-state index contributed by atoms with van der Waals surface area (Å²) in [5.41, 5.74) is 10.5. The van der Waals surface area contributed by atoms with Crippen LogP contribution in [0.1, 0.15) is 36.3 Å². The molecule has 5 rings (SSSR count). The Balaban J connectivity index is 1.43. The number of benzene rings is 2. The highest BCUT2D eigenvalue weighted by Crippen LogP contribution is 2.47. The van der Waals surface area contributed by atoms with Gasteiger partial charge < -0.3 is 11.1 Å². The van der Waals surface area contributed by atoms with Crippen LogP contribution in [0.3, 0.4) is 0 Å². The molecule has 1 aliphatic carbocycles. The van der Waals surface area contributed by atoms with E-state index in [0.717, 1.165) is 11.3 Å². The number of ketones is 1. The predicted molar refractivity (Wildman–Crippen MR) is 155 cm³/mol. The molecule has 1 unspecified atom stereocenters. The minimum absolute atomic E-state index is 0.0514. The summed E-state index contributed by atoms with van der Waals surface area (Å²) in [6.07, 6.45) is 1.60. The first-order valence-corrected chi connectivity index (χ1v) is 14.6. The topological polar surface area (TPSA) is 125 Å². The molecular formula is C27H22Cl2N6O2S2. The summed E-state index contributed by atoms with van der Waals surface area (Å²) in [6, 6.07) is 14.9.